The molecule has 2 aromatic heterocycles. The number of thiol groups is 1. The Labute approximate surface area is 232 Å². The molecule has 0 aliphatic heterocycles. The molecule has 0 saturated heterocycles. The highest BCUT2D eigenvalue weighted by Crippen LogP contribution is 2.34. The van der Waals surface area contributed by atoms with E-state index in [0.29, 0.717) is 4.20 Å². The van der Waals surface area contributed by atoms with Crippen LogP contribution in [-0.2, 0) is 0 Å². The van der Waals surface area contributed by atoms with Gasteiger partial charge >= 0.3 is 0 Å². The predicted molar refractivity (Wildman–Crippen MR) is 162 cm³/mol. The Morgan fingerprint density at radius 2 is 0.842 bits per heavy atom. The van der Waals surface area contributed by atoms with Crippen LogP contribution in [0.1, 0.15) is 6.17 Å². The fourth-order valence-corrected chi connectivity index (χ4v) is 5.04. The topological polar surface area (TPSA) is 35.6 Å². The molecule has 4 nitrogen and oxygen atoms in total. The Morgan fingerprint density at radius 1 is 0.526 bits per heavy atom. The van der Waals surface area contributed by atoms with Crippen molar-refractivity contribution < 1.29 is 0 Å². The molecule has 2 heterocycles. The summed E-state index contributed by atoms with van der Waals surface area (Å²) in [6.07, 6.45) is -0.548. The van der Waals surface area contributed by atoms with E-state index in [9.17, 15) is 0 Å². The van der Waals surface area contributed by atoms with E-state index in [-0.39, 0.29) is 0 Å². The molecule has 184 valence electrons. The number of aromatic nitrogens is 4. The Kier molecular flexibility index (Phi) is 6.73. The summed E-state index contributed by atoms with van der Waals surface area (Å²) in [7, 11) is 0. The molecule has 0 spiro atoms. The third-order valence-corrected chi connectivity index (χ3v) is 6.88. The van der Waals surface area contributed by atoms with Gasteiger partial charge in [-0.05, 0) is 23.3 Å². The van der Waals surface area contributed by atoms with Crippen LogP contribution in [0.3, 0.4) is 0 Å². The third-order valence-electron chi connectivity index (χ3n) is 6.43. The van der Waals surface area contributed by atoms with Gasteiger partial charge in [-0.25, -0.2) is 9.36 Å². The van der Waals surface area contributed by atoms with Crippen LogP contribution < -0.4 is 0 Å². The van der Waals surface area contributed by atoms with Gasteiger partial charge in [-0.3, -0.25) is 0 Å². The van der Waals surface area contributed by atoms with Gasteiger partial charge in [-0.15, -0.1) is 12.6 Å². The molecule has 0 N–H and O–H groups in total. The van der Waals surface area contributed by atoms with E-state index < -0.39 is 6.17 Å². The van der Waals surface area contributed by atoms with Crippen LogP contribution in [0.5, 0.6) is 0 Å². The summed E-state index contributed by atoms with van der Waals surface area (Å²) < 4.78 is 4.35. The molecular formula is C32H24N4S2. The van der Waals surface area contributed by atoms with Crippen molar-refractivity contribution in [3.05, 3.63) is 133 Å². The molecule has 6 aromatic rings. The molecular weight excluding hydrogens is 505 g/mol. The SMILES string of the molecule is S=C(S)C(n1nc(-c2ccccc2)cc1-c1ccccc1)n1nc(-c2ccccc2)cc1-c1ccccc1. The van der Waals surface area contributed by atoms with Gasteiger partial charge in [-0.2, -0.15) is 10.2 Å². The van der Waals surface area contributed by atoms with Crippen molar-refractivity contribution in [1.82, 2.24) is 19.6 Å². The van der Waals surface area contributed by atoms with Gasteiger partial charge in [0.25, 0.3) is 0 Å². The molecule has 0 aliphatic carbocycles. The van der Waals surface area contributed by atoms with Crippen molar-refractivity contribution in [2.45, 2.75) is 6.17 Å². The zero-order valence-corrected chi connectivity index (χ0v) is 22.1. The predicted octanol–water partition coefficient (Wildman–Crippen LogP) is 8.05. The van der Waals surface area contributed by atoms with E-state index in [4.69, 9.17) is 35.0 Å². The molecule has 38 heavy (non-hydrogen) atoms. The van der Waals surface area contributed by atoms with Crippen LogP contribution in [0.25, 0.3) is 45.0 Å². The molecule has 0 amide bonds. The van der Waals surface area contributed by atoms with Crippen LogP contribution in [-0.4, -0.2) is 23.8 Å². The lowest BCUT2D eigenvalue weighted by Crippen LogP contribution is -2.26. The lowest BCUT2D eigenvalue weighted by Gasteiger charge is -2.22. The highest BCUT2D eigenvalue weighted by molar-refractivity contribution is 8.11. The maximum atomic E-state index is 5.79. The van der Waals surface area contributed by atoms with Crippen LogP contribution in [0.4, 0.5) is 0 Å². The molecule has 0 unspecified atom stereocenters. The molecule has 0 bridgehead atoms. The summed E-state index contributed by atoms with van der Waals surface area (Å²) in [5.41, 5.74) is 7.71. The lowest BCUT2D eigenvalue weighted by molar-refractivity contribution is 0.476. The molecule has 0 atom stereocenters. The van der Waals surface area contributed by atoms with Crippen molar-refractivity contribution in [3.8, 4) is 45.0 Å². The average Bonchev–Trinajstić information content (AvgIpc) is 3.61. The zero-order valence-electron chi connectivity index (χ0n) is 20.4. The Hall–Kier alpha value is -4.26. The second-order valence-corrected chi connectivity index (χ2v) is 10.1. The molecule has 6 rings (SSSR count). The minimum absolute atomic E-state index is 0.463. The Balaban J connectivity index is 1.59. The normalized spacial score (nSPS) is 11.1. The first kappa shape index (κ1) is 24.1. The van der Waals surface area contributed by atoms with Crippen molar-refractivity contribution in [1.29, 1.82) is 0 Å². The standard InChI is InChI=1S/C32H24N4S2/c37-32(38)31(35-29(25-17-9-3-10-18-25)21-27(33-35)23-13-5-1-6-14-23)36-30(26-19-11-4-12-20-26)22-28(34-36)24-15-7-2-8-16-24/h1-22,31H,(H,37,38). The van der Waals surface area contributed by atoms with Crippen LogP contribution in [0.15, 0.2) is 133 Å². The van der Waals surface area contributed by atoms with E-state index >= 15 is 0 Å². The van der Waals surface area contributed by atoms with Crippen LogP contribution in [0, 0.1) is 0 Å². The summed E-state index contributed by atoms with van der Waals surface area (Å²) in [4.78, 5) is 0. The zero-order chi connectivity index (χ0) is 25.9. The fourth-order valence-electron chi connectivity index (χ4n) is 4.62. The first-order chi connectivity index (χ1) is 18.7. The fraction of sp³-hybridized carbons (Fsp3) is 0.0312. The van der Waals surface area contributed by atoms with E-state index in [1.54, 1.807) is 0 Å². The average molecular weight is 529 g/mol. The Bertz CT molecular complexity index is 1550. The van der Waals surface area contributed by atoms with Crippen molar-refractivity contribution in [2.24, 2.45) is 0 Å². The summed E-state index contributed by atoms with van der Waals surface area (Å²) in [5.74, 6) is 0. The first-order valence-electron chi connectivity index (χ1n) is 12.3. The molecule has 0 aliphatic rings. The monoisotopic (exact) mass is 528 g/mol. The highest BCUT2D eigenvalue weighted by Gasteiger charge is 2.27. The number of rotatable bonds is 7. The van der Waals surface area contributed by atoms with E-state index in [1.165, 1.54) is 0 Å². The van der Waals surface area contributed by atoms with Crippen molar-refractivity contribution >= 4 is 29.0 Å². The number of hydrogen-bond acceptors (Lipinski definition) is 3. The minimum Gasteiger partial charge on any atom is -0.234 e. The molecule has 0 saturated carbocycles. The Morgan fingerprint density at radius 3 is 1.16 bits per heavy atom. The quantitative estimate of drug-likeness (QED) is 0.168. The first-order valence-corrected chi connectivity index (χ1v) is 13.2. The largest absolute Gasteiger partial charge is 0.234 e. The number of thiocarbonyl (C=S) groups is 1. The van der Waals surface area contributed by atoms with Gasteiger partial charge in [0.05, 0.1) is 27.0 Å². The highest BCUT2D eigenvalue weighted by atomic mass is 32.1. The van der Waals surface area contributed by atoms with Gasteiger partial charge in [0, 0.05) is 11.1 Å². The third kappa shape index (κ3) is 4.72. The molecule has 0 fully saturated rings. The summed E-state index contributed by atoms with van der Waals surface area (Å²) in [6, 6.07) is 45.0. The number of nitrogens with zero attached hydrogens (tertiary/aromatic N) is 4. The van der Waals surface area contributed by atoms with Gasteiger partial charge in [0.1, 0.15) is 0 Å². The number of benzene rings is 4. The smallest absolute Gasteiger partial charge is 0.185 e. The molecule has 0 radical (unpaired) electrons. The second kappa shape index (κ2) is 10.6. The maximum absolute atomic E-state index is 5.79. The van der Waals surface area contributed by atoms with Gasteiger partial charge in [0.2, 0.25) is 0 Å². The van der Waals surface area contributed by atoms with Crippen molar-refractivity contribution in [3.63, 3.8) is 0 Å². The van der Waals surface area contributed by atoms with E-state index in [1.807, 2.05) is 82.2 Å². The maximum Gasteiger partial charge on any atom is 0.185 e. The summed E-state index contributed by atoms with van der Waals surface area (Å²) in [5, 5.41) is 10.2. The van der Waals surface area contributed by atoms with Crippen LogP contribution in [0.2, 0.25) is 0 Å². The minimum atomic E-state index is -0.548. The second-order valence-electron chi connectivity index (χ2n) is 8.89. The van der Waals surface area contributed by atoms with Gasteiger partial charge in [0.15, 0.2) is 6.17 Å². The van der Waals surface area contributed by atoms with E-state index in [0.717, 1.165) is 45.0 Å². The van der Waals surface area contributed by atoms with Gasteiger partial charge < -0.3 is 0 Å². The molecule has 6 heteroatoms. The summed E-state index contributed by atoms with van der Waals surface area (Å²) >= 11 is 10.5. The summed E-state index contributed by atoms with van der Waals surface area (Å²) in [6.45, 7) is 0. The van der Waals surface area contributed by atoms with Crippen molar-refractivity contribution in [2.75, 3.05) is 0 Å². The molecule has 4 aromatic carbocycles. The number of hydrogen-bond donors (Lipinski definition) is 1. The lowest BCUT2D eigenvalue weighted by atomic mass is 10.1. The van der Waals surface area contributed by atoms with Crippen LogP contribution >= 0.6 is 24.8 Å². The van der Waals surface area contributed by atoms with E-state index in [2.05, 4.69) is 60.7 Å². The van der Waals surface area contributed by atoms with Gasteiger partial charge in [-0.1, -0.05) is 134 Å².